The second-order valence-corrected chi connectivity index (χ2v) is 8.85. The molecule has 2 heterocycles. The van der Waals surface area contributed by atoms with Crippen molar-refractivity contribution in [3.05, 3.63) is 29.3 Å². The molecule has 140 valence electrons. The van der Waals surface area contributed by atoms with Crippen molar-refractivity contribution in [2.45, 2.75) is 51.4 Å². The van der Waals surface area contributed by atoms with E-state index in [4.69, 9.17) is 0 Å². The number of amides is 1. The maximum absolute atomic E-state index is 12.9. The summed E-state index contributed by atoms with van der Waals surface area (Å²) in [6.07, 6.45) is 1.19. The maximum Gasteiger partial charge on any atom is 0.235 e. The van der Waals surface area contributed by atoms with Gasteiger partial charge in [0.15, 0.2) is 0 Å². The van der Waals surface area contributed by atoms with Crippen LogP contribution in [0.3, 0.4) is 0 Å². The summed E-state index contributed by atoms with van der Waals surface area (Å²) in [5.74, 6) is 1.28. The summed E-state index contributed by atoms with van der Waals surface area (Å²) in [5.41, 5.74) is 3.28. The van der Waals surface area contributed by atoms with Gasteiger partial charge < -0.3 is 4.90 Å². The number of carbonyl (C=O) groups excluding carboxylic acids is 1. The molecular weight excluding hydrogens is 346 g/mol. The fourth-order valence-electron chi connectivity index (χ4n) is 3.68. The van der Waals surface area contributed by atoms with Crippen LogP contribution in [0.5, 0.6) is 0 Å². The van der Waals surface area contributed by atoms with Gasteiger partial charge in [0.1, 0.15) is 0 Å². The molecule has 6 nitrogen and oxygen atoms in total. The summed E-state index contributed by atoms with van der Waals surface area (Å²) in [7, 11) is 0. The van der Waals surface area contributed by atoms with E-state index in [1.54, 1.807) is 4.68 Å². The number of likely N-dealkylation sites (tertiary alicyclic amines) is 1. The molecular formula is C19H27N5OS. The fourth-order valence-corrected chi connectivity index (χ4v) is 4.56. The number of piperidine rings is 1. The number of hydrogen-bond acceptors (Lipinski definition) is 5. The molecule has 1 saturated heterocycles. The van der Waals surface area contributed by atoms with Gasteiger partial charge in [-0.15, -0.1) is 5.10 Å². The molecule has 1 fully saturated rings. The zero-order chi connectivity index (χ0) is 18.8. The van der Waals surface area contributed by atoms with Crippen molar-refractivity contribution in [1.29, 1.82) is 0 Å². The van der Waals surface area contributed by atoms with Crippen LogP contribution in [0.1, 0.15) is 38.3 Å². The number of benzene rings is 1. The molecule has 1 aromatic carbocycles. The van der Waals surface area contributed by atoms with Crippen LogP contribution in [0.4, 0.5) is 0 Å². The minimum absolute atomic E-state index is 0.170. The van der Waals surface area contributed by atoms with Crippen LogP contribution in [0.25, 0.3) is 5.69 Å². The second kappa shape index (κ2) is 7.78. The zero-order valence-electron chi connectivity index (χ0n) is 16.1. The lowest BCUT2D eigenvalue weighted by Gasteiger charge is -2.36. The van der Waals surface area contributed by atoms with Gasteiger partial charge in [0.05, 0.1) is 10.9 Å². The summed E-state index contributed by atoms with van der Waals surface area (Å²) in [4.78, 5) is 14.9. The van der Waals surface area contributed by atoms with E-state index in [2.05, 4.69) is 49.3 Å². The number of nitrogens with zero attached hydrogens (tertiary/aromatic N) is 5. The van der Waals surface area contributed by atoms with Crippen molar-refractivity contribution in [1.82, 2.24) is 25.1 Å². The van der Waals surface area contributed by atoms with Gasteiger partial charge >= 0.3 is 0 Å². The highest BCUT2D eigenvalue weighted by Crippen LogP contribution is 2.28. The van der Waals surface area contributed by atoms with Gasteiger partial charge in [-0.25, -0.2) is 0 Å². The topological polar surface area (TPSA) is 63.9 Å². The third-order valence-corrected chi connectivity index (χ3v) is 6.08. The second-order valence-electron chi connectivity index (χ2n) is 7.54. The van der Waals surface area contributed by atoms with E-state index < -0.39 is 0 Å². The largest absolute Gasteiger partial charge is 0.341 e. The van der Waals surface area contributed by atoms with E-state index in [1.165, 1.54) is 23.7 Å². The van der Waals surface area contributed by atoms with Gasteiger partial charge in [0.2, 0.25) is 11.1 Å². The molecule has 0 N–H and O–H groups in total. The highest BCUT2D eigenvalue weighted by Gasteiger charge is 2.29. The number of rotatable bonds is 4. The van der Waals surface area contributed by atoms with Crippen LogP contribution >= 0.6 is 11.8 Å². The van der Waals surface area contributed by atoms with Crippen LogP contribution < -0.4 is 0 Å². The number of carbonyl (C=O) groups is 1. The fraction of sp³-hybridized carbons (Fsp3) is 0.579. The molecule has 26 heavy (non-hydrogen) atoms. The predicted octanol–water partition coefficient (Wildman–Crippen LogP) is 3.26. The highest BCUT2D eigenvalue weighted by atomic mass is 32.2. The summed E-state index contributed by atoms with van der Waals surface area (Å²) in [5, 5.41) is 12.6. The van der Waals surface area contributed by atoms with Crippen molar-refractivity contribution in [3.63, 3.8) is 0 Å². The Balaban J connectivity index is 1.76. The Labute approximate surface area is 159 Å². The first-order valence-corrected chi connectivity index (χ1v) is 10.0. The number of aromatic nitrogens is 4. The standard InChI is InChI=1S/C19H27N5OS/c1-12-9-13(2)11-23(10-12)18(25)16(5)26-19-20-21-22-24(19)17-8-6-7-14(3)15(17)4/h6-8,12-13,16H,9-11H2,1-5H3/t12-,13+,16-/m0/s1. The lowest BCUT2D eigenvalue weighted by molar-refractivity contribution is -0.132. The predicted molar refractivity (Wildman–Crippen MR) is 103 cm³/mol. The van der Waals surface area contributed by atoms with Crippen LogP contribution in [0, 0.1) is 25.7 Å². The molecule has 1 aromatic heterocycles. The van der Waals surface area contributed by atoms with Crippen molar-refractivity contribution >= 4 is 17.7 Å². The van der Waals surface area contributed by atoms with Crippen LogP contribution in [0.15, 0.2) is 23.4 Å². The van der Waals surface area contributed by atoms with E-state index in [1.807, 2.05) is 24.0 Å². The van der Waals surface area contributed by atoms with Crippen molar-refractivity contribution in [2.24, 2.45) is 11.8 Å². The van der Waals surface area contributed by atoms with Gasteiger partial charge in [0, 0.05) is 13.1 Å². The van der Waals surface area contributed by atoms with Gasteiger partial charge in [-0.1, -0.05) is 37.7 Å². The number of thioether (sulfide) groups is 1. The molecule has 1 aliphatic heterocycles. The molecule has 0 radical (unpaired) electrons. The van der Waals surface area contributed by atoms with E-state index in [-0.39, 0.29) is 11.2 Å². The Morgan fingerprint density at radius 2 is 1.92 bits per heavy atom. The molecule has 1 aliphatic rings. The minimum atomic E-state index is -0.220. The van der Waals surface area contributed by atoms with E-state index >= 15 is 0 Å². The molecule has 3 atom stereocenters. The van der Waals surface area contributed by atoms with E-state index in [0.717, 1.165) is 24.3 Å². The average Bonchev–Trinajstić information content (AvgIpc) is 3.03. The molecule has 3 rings (SSSR count). The Kier molecular flexibility index (Phi) is 5.65. The normalized spacial score (nSPS) is 21.7. The number of hydrogen-bond donors (Lipinski definition) is 0. The van der Waals surface area contributed by atoms with Gasteiger partial charge in [-0.3, -0.25) is 4.79 Å². The summed E-state index contributed by atoms with van der Waals surface area (Å²) in [6.45, 7) is 12.2. The molecule has 2 aromatic rings. The van der Waals surface area contributed by atoms with Crippen LogP contribution in [-0.4, -0.2) is 49.4 Å². The Bertz CT molecular complexity index is 780. The van der Waals surface area contributed by atoms with Crippen molar-refractivity contribution < 1.29 is 4.79 Å². The van der Waals surface area contributed by atoms with Crippen LogP contribution in [0.2, 0.25) is 0 Å². The monoisotopic (exact) mass is 373 g/mol. The van der Waals surface area contributed by atoms with E-state index in [0.29, 0.717) is 17.0 Å². The molecule has 7 heteroatoms. The maximum atomic E-state index is 12.9. The SMILES string of the molecule is Cc1cccc(-n2nnnc2S[C@@H](C)C(=O)N2C[C@H](C)C[C@H](C)C2)c1C. The first-order valence-electron chi connectivity index (χ1n) is 9.17. The molecule has 0 unspecified atom stereocenters. The summed E-state index contributed by atoms with van der Waals surface area (Å²) >= 11 is 1.43. The first kappa shape index (κ1) is 18.9. The van der Waals surface area contributed by atoms with Gasteiger partial charge in [0.25, 0.3) is 0 Å². The molecule has 0 bridgehead atoms. The van der Waals surface area contributed by atoms with E-state index in [9.17, 15) is 4.79 Å². The summed E-state index contributed by atoms with van der Waals surface area (Å²) < 4.78 is 1.73. The molecule has 1 amide bonds. The molecule has 0 spiro atoms. The average molecular weight is 374 g/mol. The Hall–Kier alpha value is -1.89. The smallest absolute Gasteiger partial charge is 0.235 e. The molecule has 0 saturated carbocycles. The zero-order valence-corrected chi connectivity index (χ0v) is 17.0. The van der Waals surface area contributed by atoms with Gasteiger partial charge in [-0.2, -0.15) is 4.68 Å². The lowest BCUT2D eigenvalue weighted by Crippen LogP contribution is -2.45. The van der Waals surface area contributed by atoms with Gasteiger partial charge in [-0.05, 0) is 66.6 Å². The summed E-state index contributed by atoms with van der Waals surface area (Å²) in [6, 6.07) is 6.07. The lowest BCUT2D eigenvalue weighted by atomic mass is 9.92. The molecule has 0 aliphatic carbocycles. The first-order chi connectivity index (χ1) is 12.4. The van der Waals surface area contributed by atoms with Crippen LogP contribution in [-0.2, 0) is 4.79 Å². The number of aryl methyl sites for hydroxylation is 1. The Morgan fingerprint density at radius 1 is 1.23 bits per heavy atom. The third-order valence-electron chi connectivity index (χ3n) is 5.06. The van der Waals surface area contributed by atoms with Crippen molar-refractivity contribution in [3.8, 4) is 5.69 Å². The number of tetrazole rings is 1. The third kappa shape index (κ3) is 3.92. The quantitative estimate of drug-likeness (QED) is 0.770. The van der Waals surface area contributed by atoms with Crippen molar-refractivity contribution in [2.75, 3.05) is 13.1 Å². The Morgan fingerprint density at radius 3 is 2.62 bits per heavy atom. The highest BCUT2D eigenvalue weighted by molar-refractivity contribution is 8.00. The minimum Gasteiger partial charge on any atom is -0.341 e.